The van der Waals surface area contributed by atoms with Crippen LogP contribution in [0.1, 0.15) is 16.7 Å². The summed E-state index contributed by atoms with van der Waals surface area (Å²) >= 11 is 0. The number of nitrogens with one attached hydrogen (secondary N) is 1. The smallest absolute Gasteiger partial charge is 0.120 e. The van der Waals surface area contributed by atoms with Gasteiger partial charge in [0.2, 0.25) is 0 Å². The fourth-order valence-electron chi connectivity index (χ4n) is 2.03. The van der Waals surface area contributed by atoms with Crippen LogP contribution in [0.15, 0.2) is 36.4 Å². The molecule has 0 aromatic heterocycles. The Hall–Kier alpha value is -2.16. The van der Waals surface area contributed by atoms with Gasteiger partial charge in [-0.15, -0.1) is 0 Å². The Balaban J connectivity index is 2.14. The Bertz CT molecular complexity index is 579. The van der Waals surface area contributed by atoms with Gasteiger partial charge in [0, 0.05) is 17.8 Å². The van der Waals surface area contributed by atoms with E-state index >= 15 is 0 Å². The van der Waals surface area contributed by atoms with Crippen molar-refractivity contribution in [2.24, 2.45) is 0 Å². The minimum atomic E-state index is 0.276. The van der Waals surface area contributed by atoms with Gasteiger partial charge in [-0.25, -0.2) is 0 Å². The van der Waals surface area contributed by atoms with Crippen molar-refractivity contribution in [3.05, 3.63) is 53.1 Å². The first-order valence-electron chi connectivity index (χ1n) is 6.27. The van der Waals surface area contributed by atoms with Gasteiger partial charge < -0.3 is 15.2 Å². The van der Waals surface area contributed by atoms with Gasteiger partial charge in [-0.3, -0.25) is 0 Å². The summed E-state index contributed by atoms with van der Waals surface area (Å²) in [7, 11) is 1.62. The van der Waals surface area contributed by atoms with Crippen molar-refractivity contribution >= 4 is 5.69 Å². The molecule has 0 unspecified atom stereocenters. The van der Waals surface area contributed by atoms with Gasteiger partial charge in [-0.1, -0.05) is 17.7 Å². The summed E-state index contributed by atoms with van der Waals surface area (Å²) in [5.41, 5.74) is 4.34. The van der Waals surface area contributed by atoms with E-state index in [0.29, 0.717) is 6.54 Å². The predicted octanol–water partition coefficient (Wildman–Crippen LogP) is 3.63. The van der Waals surface area contributed by atoms with Crippen LogP contribution in [0.2, 0.25) is 0 Å². The van der Waals surface area contributed by atoms with Crippen LogP contribution in [-0.2, 0) is 6.54 Å². The van der Waals surface area contributed by atoms with Crippen LogP contribution in [-0.4, -0.2) is 12.2 Å². The molecule has 2 aromatic carbocycles. The van der Waals surface area contributed by atoms with E-state index in [2.05, 4.69) is 37.4 Å². The van der Waals surface area contributed by atoms with Gasteiger partial charge in [-0.05, 0) is 43.7 Å². The maximum Gasteiger partial charge on any atom is 0.120 e. The van der Waals surface area contributed by atoms with Crippen LogP contribution in [0.4, 0.5) is 5.69 Å². The van der Waals surface area contributed by atoms with Gasteiger partial charge in [0.25, 0.3) is 0 Å². The molecule has 2 rings (SSSR count). The summed E-state index contributed by atoms with van der Waals surface area (Å²) in [5.74, 6) is 1.02. The molecule has 3 nitrogen and oxygen atoms in total. The second-order valence-corrected chi connectivity index (χ2v) is 4.67. The molecular weight excluding hydrogens is 238 g/mol. The number of aryl methyl sites for hydroxylation is 2. The van der Waals surface area contributed by atoms with Crippen molar-refractivity contribution in [2.45, 2.75) is 20.4 Å². The van der Waals surface area contributed by atoms with Crippen LogP contribution in [0.25, 0.3) is 0 Å². The van der Waals surface area contributed by atoms with Crippen molar-refractivity contribution in [3.63, 3.8) is 0 Å². The minimum Gasteiger partial charge on any atom is -0.508 e. The predicted molar refractivity (Wildman–Crippen MR) is 77.9 cm³/mol. The molecule has 0 aliphatic heterocycles. The zero-order valence-electron chi connectivity index (χ0n) is 11.5. The quantitative estimate of drug-likeness (QED) is 0.878. The largest absolute Gasteiger partial charge is 0.508 e. The highest BCUT2D eigenvalue weighted by molar-refractivity contribution is 5.53. The lowest BCUT2D eigenvalue weighted by atomic mass is 10.1. The molecule has 0 heterocycles. The number of phenolic OH excluding ortho intramolecular Hbond substituents is 1. The fourth-order valence-corrected chi connectivity index (χ4v) is 2.03. The van der Waals surface area contributed by atoms with Crippen molar-refractivity contribution in [1.29, 1.82) is 0 Å². The summed E-state index contributed by atoms with van der Waals surface area (Å²) in [6.07, 6.45) is 0. The molecule has 2 aromatic rings. The number of benzene rings is 2. The lowest BCUT2D eigenvalue weighted by Gasteiger charge is -2.12. The van der Waals surface area contributed by atoms with Crippen molar-refractivity contribution in [2.75, 3.05) is 12.4 Å². The SMILES string of the molecule is COc1ccc(O)c(CNc2ccc(C)cc2C)c1. The third-order valence-corrected chi connectivity index (χ3v) is 3.14. The Kier molecular flexibility index (Phi) is 3.95. The summed E-state index contributed by atoms with van der Waals surface area (Å²) in [6, 6.07) is 11.5. The molecule has 0 atom stereocenters. The zero-order valence-corrected chi connectivity index (χ0v) is 11.5. The van der Waals surface area contributed by atoms with Crippen LogP contribution in [0, 0.1) is 13.8 Å². The highest BCUT2D eigenvalue weighted by atomic mass is 16.5. The number of hydrogen-bond acceptors (Lipinski definition) is 3. The van der Waals surface area contributed by atoms with Crippen LogP contribution in [0.5, 0.6) is 11.5 Å². The number of hydrogen-bond donors (Lipinski definition) is 2. The molecule has 3 heteroatoms. The van der Waals surface area contributed by atoms with E-state index in [4.69, 9.17) is 4.74 Å². The van der Waals surface area contributed by atoms with Crippen LogP contribution < -0.4 is 10.1 Å². The van der Waals surface area contributed by atoms with E-state index in [-0.39, 0.29) is 5.75 Å². The average molecular weight is 257 g/mol. The number of rotatable bonds is 4. The second-order valence-electron chi connectivity index (χ2n) is 4.67. The van der Waals surface area contributed by atoms with Gasteiger partial charge in [0.05, 0.1) is 7.11 Å². The molecule has 0 aliphatic carbocycles. The van der Waals surface area contributed by atoms with E-state index in [1.54, 1.807) is 19.2 Å². The number of methoxy groups -OCH3 is 1. The van der Waals surface area contributed by atoms with Crippen LogP contribution >= 0.6 is 0 Å². The Morgan fingerprint density at radius 1 is 1.11 bits per heavy atom. The Labute approximate surface area is 113 Å². The number of phenols is 1. The lowest BCUT2D eigenvalue weighted by Crippen LogP contribution is -2.02. The van der Waals surface area contributed by atoms with Gasteiger partial charge >= 0.3 is 0 Å². The van der Waals surface area contributed by atoms with E-state index < -0.39 is 0 Å². The van der Waals surface area contributed by atoms with Gasteiger partial charge in [-0.2, -0.15) is 0 Å². The average Bonchev–Trinajstić information content (AvgIpc) is 2.39. The first-order valence-corrected chi connectivity index (χ1v) is 6.27. The maximum absolute atomic E-state index is 9.83. The third-order valence-electron chi connectivity index (χ3n) is 3.14. The molecule has 100 valence electrons. The molecule has 19 heavy (non-hydrogen) atoms. The molecule has 0 saturated carbocycles. The zero-order chi connectivity index (χ0) is 13.8. The van der Waals surface area contributed by atoms with Gasteiger partial charge in [0.15, 0.2) is 0 Å². The van der Waals surface area contributed by atoms with Gasteiger partial charge in [0.1, 0.15) is 11.5 Å². The first-order chi connectivity index (χ1) is 9.10. The normalized spacial score (nSPS) is 10.3. The molecule has 0 amide bonds. The third kappa shape index (κ3) is 3.19. The van der Waals surface area contributed by atoms with E-state index in [9.17, 15) is 5.11 Å². The molecule has 2 N–H and O–H groups in total. The molecule has 0 radical (unpaired) electrons. The first kappa shape index (κ1) is 13.3. The monoisotopic (exact) mass is 257 g/mol. The highest BCUT2D eigenvalue weighted by Crippen LogP contribution is 2.24. The second kappa shape index (κ2) is 5.65. The van der Waals surface area contributed by atoms with Crippen LogP contribution in [0.3, 0.4) is 0 Å². The number of aromatic hydroxyl groups is 1. The molecule has 0 saturated heterocycles. The fraction of sp³-hybridized carbons (Fsp3) is 0.250. The molecule has 0 spiro atoms. The Morgan fingerprint density at radius 3 is 2.58 bits per heavy atom. The van der Waals surface area contributed by atoms with E-state index in [1.165, 1.54) is 11.1 Å². The van der Waals surface area contributed by atoms with Crippen molar-refractivity contribution < 1.29 is 9.84 Å². The lowest BCUT2D eigenvalue weighted by molar-refractivity contribution is 0.411. The molecule has 0 aliphatic rings. The van der Waals surface area contributed by atoms with E-state index in [1.807, 2.05) is 6.07 Å². The minimum absolute atomic E-state index is 0.276. The summed E-state index contributed by atoms with van der Waals surface area (Å²) in [5, 5.41) is 13.2. The van der Waals surface area contributed by atoms with Crippen molar-refractivity contribution in [3.8, 4) is 11.5 Å². The molecular formula is C16H19NO2. The summed E-state index contributed by atoms with van der Waals surface area (Å²) in [4.78, 5) is 0. The molecule has 0 fully saturated rings. The van der Waals surface area contributed by atoms with Crippen molar-refractivity contribution in [1.82, 2.24) is 0 Å². The standard InChI is InChI=1S/C16H19NO2/c1-11-4-6-15(12(2)8-11)17-10-13-9-14(19-3)5-7-16(13)18/h4-9,17-18H,10H2,1-3H3. The number of anilines is 1. The number of ether oxygens (including phenoxy) is 1. The highest BCUT2D eigenvalue weighted by Gasteiger charge is 2.04. The maximum atomic E-state index is 9.83. The summed E-state index contributed by atoms with van der Waals surface area (Å²) in [6.45, 7) is 4.71. The summed E-state index contributed by atoms with van der Waals surface area (Å²) < 4.78 is 5.16. The molecule has 0 bridgehead atoms. The Morgan fingerprint density at radius 2 is 1.89 bits per heavy atom. The van der Waals surface area contributed by atoms with E-state index in [0.717, 1.165) is 17.0 Å². The topological polar surface area (TPSA) is 41.5 Å².